The molecule has 154 valence electrons. The van der Waals surface area contributed by atoms with Crippen molar-refractivity contribution in [1.29, 1.82) is 0 Å². The predicted molar refractivity (Wildman–Crippen MR) is 110 cm³/mol. The maximum atomic E-state index is 12.5. The number of carbonyl (C=O) groups excluding carboxylic acids is 1. The Morgan fingerprint density at radius 2 is 1.72 bits per heavy atom. The van der Waals surface area contributed by atoms with Crippen LogP contribution in [0.3, 0.4) is 0 Å². The Balaban J connectivity index is 1.35. The molecule has 0 unspecified atom stereocenters. The van der Waals surface area contributed by atoms with Crippen LogP contribution in [0.25, 0.3) is 11.1 Å². The van der Waals surface area contributed by atoms with E-state index in [4.69, 9.17) is 9.47 Å². The minimum absolute atomic E-state index is 0.106. The summed E-state index contributed by atoms with van der Waals surface area (Å²) in [6.45, 7) is 7.97. The van der Waals surface area contributed by atoms with Crippen LogP contribution in [0, 0.1) is 0 Å². The van der Waals surface area contributed by atoms with Crippen LogP contribution in [0.1, 0.15) is 10.4 Å². The highest BCUT2D eigenvalue weighted by molar-refractivity contribution is 5.95. The molecule has 2 aromatic rings. The molecular formula is C21H27N5O3. The van der Waals surface area contributed by atoms with E-state index in [2.05, 4.69) is 25.1 Å². The molecule has 8 heteroatoms. The molecule has 2 saturated heterocycles. The van der Waals surface area contributed by atoms with Crippen LogP contribution in [0.2, 0.25) is 0 Å². The highest BCUT2D eigenvalue weighted by atomic mass is 16.5. The highest BCUT2D eigenvalue weighted by Crippen LogP contribution is 2.21. The Kier molecular flexibility index (Phi) is 6.66. The van der Waals surface area contributed by atoms with Crippen LogP contribution in [0.15, 0.2) is 36.8 Å². The van der Waals surface area contributed by atoms with Crippen LogP contribution < -0.4 is 10.2 Å². The highest BCUT2D eigenvalue weighted by Gasteiger charge is 2.14. The smallest absolute Gasteiger partial charge is 0.252 e. The lowest BCUT2D eigenvalue weighted by molar-refractivity contribution is 0.0383. The minimum atomic E-state index is -0.106. The summed E-state index contributed by atoms with van der Waals surface area (Å²) in [4.78, 5) is 25.8. The van der Waals surface area contributed by atoms with Crippen molar-refractivity contribution in [2.75, 3.05) is 70.6 Å². The number of rotatable bonds is 6. The normalized spacial score (nSPS) is 17.9. The van der Waals surface area contributed by atoms with E-state index in [0.717, 1.165) is 76.1 Å². The molecule has 2 aromatic heterocycles. The Hall–Kier alpha value is -2.55. The Bertz CT molecular complexity index is 802. The van der Waals surface area contributed by atoms with Gasteiger partial charge in [0.25, 0.3) is 5.91 Å². The fourth-order valence-corrected chi connectivity index (χ4v) is 3.51. The molecular weight excluding hydrogens is 370 g/mol. The molecule has 4 heterocycles. The molecule has 29 heavy (non-hydrogen) atoms. The monoisotopic (exact) mass is 397 g/mol. The average molecular weight is 397 g/mol. The van der Waals surface area contributed by atoms with Gasteiger partial charge in [-0.2, -0.15) is 0 Å². The second kappa shape index (κ2) is 9.78. The summed E-state index contributed by atoms with van der Waals surface area (Å²) in [5.41, 5.74) is 2.38. The van der Waals surface area contributed by atoms with Crippen molar-refractivity contribution in [2.45, 2.75) is 0 Å². The van der Waals surface area contributed by atoms with E-state index in [9.17, 15) is 4.79 Å². The molecule has 0 radical (unpaired) electrons. The number of aromatic nitrogens is 2. The third kappa shape index (κ3) is 5.29. The van der Waals surface area contributed by atoms with Crippen LogP contribution in [0.5, 0.6) is 0 Å². The Morgan fingerprint density at radius 3 is 2.45 bits per heavy atom. The van der Waals surface area contributed by atoms with Crippen LogP contribution in [0.4, 0.5) is 5.82 Å². The number of ether oxygens (including phenoxy) is 2. The van der Waals surface area contributed by atoms with E-state index in [-0.39, 0.29) is 5.91 Å². The quantitative estimate of drug-likeness (QED) is 0.780. The molecule has 0 atom stereocenters. The van der Waals surface area contributed by atoms with Gasteiger partial charge in [-0.05, 0) is 18.2 Å². The molecule has 8 nitrogen and oxygen atoms in total. The number of hydrogen-bond donors (Lipinski definition) is 1. The molecule has 0 aromatic carbocycles. The first-order valence-electron chi connectivity index (χ1n) is 10.1. The fourth-order valence-electron chi connectivity index (χ4n) is 3.51. The van der Waals surface area contributed by atoms with E-state index in [0.29, 0.717) is 12.1 Å². The summed E-state index contributed by atoms with van der Waals surface area (Å²) in [6.07, 6.45) is 5.20. The fraction of sp³-hybridized carbons (Fsp3) is 0.476. The zero-order valence-corrected chi connectivity index (χ0v) is 16.5. The maximum absolute atomic E-state index is 12.5. The third-order valence-corrected chi connectivity index (χ3v) is 5.23. The summed E-state index contributed by atoms with van der Waals surface area (Å²) in [5.74, 6) is 0.840. The van der Waals surface area contributed by atoms with E-state index in [1.165, 1.54) is 0 Å². The maximum Gasteiger partial charge on any atom is 0.252 e. The number of hydrogen-bond acceptors (Lipinski definition) is 7. The lowest BCUT2D eigenvalue weighted by atomic mass is 10.1. The lowest BCUT2D eigenvalue weighted by Crippen LogP contribution is -2.41. The van der Waals surface area contributed by atoms with Crippen LogP contribution in [-0.2, 0) is 9.47 Å². The molecule has 2 aliphatic rings. The van der Waals surface area contributed by atoms with Crippen molar-refractivity contribution in [1.82, 2.24) is 20.2 Å². The number of anilines is 1. The van der Waals surface area contributed by atoms with Gasteiger partial charge in [-0.15, -0.1) is 0 Å². The zero-order chi connectivity index (χ0) is 19.9. The number of carbonyl (C=O) groups is 1. The minimum Gasteiger partial charge on any atom is -0.379 e. The Labute approximate surface area is 170 Å². The summed E-state index contributed by atoms with van der Waals surface area (Å²) in [7, 11) is 0. The molecule has 1 amide bonds. The first kappa shape index (κ1) is 19.8. The van der Waals surface area contributed by atoms with Crippen molar-refractivity contribution in [2.24, 2.45) is 0 Å². The van der Waals surface area contributed by atoms with Gasteiger partial charge in [0, 0.05) is 69.0 Å². The SMILES string of the molecule is O=C(NCCN1CCOCC1)c1cncc(-c2ccc(N3CCOCC3)nc2)c1. The average Bonchev–Trinajstić information content (AvgIpc) is 2.80. The van der Waals surface area contributed by atoms with Crippen molar-refractivity contribution >= 4 is 11.7 Å². The van der Waals surface area contributed by atoms with Gasteiger partial charge in [-0.1, -0.05) is 0 Å². The van der Waals surface area contributed by atoms with E-state index in [1.807, 2.05) is 24.4 Å². The van der Waals surface area contributed by atoms with Gasteiger partial charge in [0.15, 0.2) is 0 Å². The van der Waals surface area contributed by atoms with Gasteiger partial charge in [-0.25, -0.2) is 4.98 Å². The van der Waals surface area contributed by atoms with Gasteiger partial charge in [0.2, 0.25) is 0 Å². The summed E-state index contributed by atoms with van der Waals surface area (Å²) < 4.78 is 10.7. The summed E-state index contributed by atoms with van der Waals surface area (Å²) >= 11 is 0. The number of amides is 1. The first-order valence-corrected chi connectivity index (χ1v) is 10.1. The van der Waals surface area contributed by atoms with Gasteiger partial charge in [-0.3, -0.25) is 14.7 Å². The topological polar surface area (TPSA) is 79.8 Å². The number of pyridine rings is 2. The molecule has 2 aliphatic heterocycles. The molecule has 4 rings (SSSR count). The Morgan fingerprint density at radius 1 is 0.966 bits per heavy atom. The molecule has 0 saturated carbocycles. The van der Waals surface area contributed by atoms with Crippen molar-refractivity contribution < 1.29 is 14.3 Å². The molecule has 0 aliphatic carbocycles. The van der Waals surface area contributed by atoms with E-state index < -0.39 is 0 Å². The summed E-state index contributed by atoms with van der Waals surface area (Å²) in [5, 5.41) is 2.98. The molecule has 0 bridgehead atoms. The molecule has 1 N–H and O–H groups in total. The second-order valence-electron chi connectivity index (χ2n) is 7.18. The number of nitrogens with one attached hydrogen (secondary N) is 1. The second-order valence-corrected chi connectivity index (χ2v) is 7.18. The lowest BCUT2D eigenvalue weighted by Gasteiger charge is -2.27. The van der Waals surface area contributed by atoms with Gasteiger partial charge >= 0.3 is 0 Å². The van der Waals surface area contributed by atoms with Gasteiger partial charge in [0.05, 0.1) is 32.0 Å². The van der Waals surface area contributed by atoms with Gasteiger partial charge in [0.1, 0.15) is 5.82 Å². The number of nitrogens with zero attached hydrogens (tertiary/aromatic N) is 4. The van der Waals surface area contributed by atoms with Crippen molar-refractivity contribution in [3.8, 4) is 11.1 Å². The third-order valence-electron chi connectivity index (χ3n) is 5.23. The van der Waals surface area contributed by atoms with Crippen LogP contribution >= 0.6 is 0 Å². The van der Waals surface area contributed by atoms with Crippen LogP contribution in [-0.4, -0.2) is 86.5 Å². The molecule has 2 fully saturated rings. The summed E-state index contributed by atoms with van der Waals surface area (Å²) in [6, 6.07) is 5.90. The van der Waals surface area contributed by atoms with Crippen molar-refractivity contribution in [3.05, 3.63) is 42.4 Å². The first-order chi connectivity index (χ1) is 14.3. The van der Waals surface area contributed by atoms with Crippen molar-refractivity contribution in [3.63, 3.8) is 0 Å². The predicted octanol–water partition coefficient (Wildman–Crippen LogP) is 1.04. The van der Waals surface area contributed by atoms with Gasteiger partial charge < -0.3 is 19.7 Å². The number of morpholine rings is 2. The zero-order valence-electron chi connectivity index (χ0n) is 16.5. The van der Waals surface area contributed by atoms with E-state index in [1.54, 1.807) is 12.4 Å². The molecule has 0 spiro atoms. The largest absolute Gasteiger partial charge is 0.379 e. The van der Waals surface area contributed by atoms with E-state index >= 15 is 0 Å². The standard InChI is InChI=1S/C21H27N5O3/c27-21(23-3-4-25-5-9-28-10-6-25)19-13-18(14-22-15-19)17-1-2-20(24-16-17)26-7-11-29-12-8-26/h1-2,13-16H,3-12H2,(H,23,27).